The first-order valence-electron chi connectivity index (χ1n) is 9.47. The van der Waals surface area contributed by atoms with E-state index in [1.165, 1.54) is 0 Å². The van der Waals surface area contributed by atoms with Crippen molar-refractivity contribution in [2.24, 2.45) is 5.92 Å². The molecule has 1 fully saturated rings. The van der Waals surface area contributed by atoms with Crippen molar-refractivity contribution in [3.63, 3.8) is 0 Å². The molecule has 0 radical (unpaired) electrons. The highest BCUT2D eigenvalue weighted by Gasteiger charge is 2.33. The van der Waals surface area contributed by atoms with Crippen LogP contribution in [0.25, 0.3) is 10.9 Å². The Morgan fingerprint density at radius 1 is 1.25 bits per heavy atom. The smallest absolute Gasteiger partial charge is 0.410 e. The molecule has 1 amide bonds. The van der Waals surface area contributed by atoms with Crippen LogP contribution >= 0.6 is 0 Å². The third-order valence-corrected chi connectivity index (χ3v) is 4.24. The van der Waals surface area contributed by atoms with E-state index in [0.29, 0.717) is 31.4 Å². The van der Waals surface area contributed by atoms with E-state index in [0.717, 1.165) is 17.4 Å². The van der Waals surface area contributed by atoms with E-state index in [2.05, 4.69) is 5.10 Å². The number of carbonyl (C=O) groups excluding carboxylic acids is 2. The second-order valence-electron chi connectivity index (χ2n) is 7.92. The van der Waals surface area contributed by atoms with E-state index in [1.54, 1.807) is 17.9 Å². The van der Waals surface area contributed by atoms with Crippen LogP contribution in [0, 0.1) is 5.92 Å². The van der Waals surface area contributed by atoms with Crippen LogP contribution in [0.1, 0.15) is 27.7 Å². The quantitative estimate of drug-likeness (QED) is 0.707. The van der Waals surface area contributed by atoms with E-state index < -0.39 is 11.6 Å². The summed E-state index contributed by atoms with van der Waals surface area (Å²) in [7, 11) is 0. The van der Waals surface area contributed by atoms with Gasteiger partial charge in [0.2, 0.25) is 0 Å². The average molecular weight is 389 g/mol. The van der Waals surface area contributed by atoms with E-state index in [-0.39, 0.29) is 12.7 Å². The molecule has 0 atom stereocenters. The molecule has 152 valence electrons. The molecule has 1 aromatic carbocycles. The van der Waals surface area contributed by atoms with Gasteiger partial charge in [0, 0.05) is 37.1 Å². The maximum absolute atomic E-state index is 12.0. The molecular weight excluding hydrogens is 362 g/mol. The Morgan fingerprint density at radius 2 is 2.00 bits per heavy atom. The van der Waals surface area contributed by atoms with Crippen molar-refractivity contribution in [1.82, 2.24) is 14.7 Å². The van der Waals surface area contributed by atoms with Crippen molar-refractivity contribution in [2.45, 2.75) is 39.8 Å². The van der Waals surface area contributed by atoms with Gasteiger partial charge < -0.3 is 19.1 Å². The second kappa shape index (κ2) is 8.08. The van der Waals surface area contributed by atoms with Gasteiger partial charge >= 0.3 is 12.1 Å². The van der Waals surface area contributed by atoms with Gasteiger partial charge in [-0.3, -0.25) is 4.68 Å². The Hall–Kier alpha value is -2.77. The largest absolute Gasteiger partial charge is 0.482 e. The number of carbonyl (C=O) groups is 2. The summed E-state index contributed by atoms with van der Waals surface area (Å²) >= 11 is 0. The van der Waals surface area contributed by atoms with Gasteiger partial charge in [0.25, 0.3) is 0 Å². The Balaban J connectivity index is 1.53. The molecule has 0 bridgehead atoms. The predicted octanol–water partition coefficient (Wildman–Crippen LogP) is 2.85. The molecule has 28 heavy (non-hydrogen) atoms. The summed E-state index contributed by atoms with van der Waals surface area (Å²) in [5.41, 5.74) is 0.376. The van der Waals surface area contributed by atoms with Crippen molar-refractivity contribution in [2.75, 3.05) is 26.3 Å². The van der Waals surface area contributed by atoms with Crippen molar-refractivity contribution in [3.05, 3.63) is 24.4 Å². The number of aromatic nitrogens is 2. The first kappa shape index (κ1) is 20.0. The lowest BCUT2D eigenvalue weighted by atomic mass is 10.0. The maximum atomic E-state index is 12.0. The molecule has 0 N–H and O–H groups in total. The number of ether oxygens (including phenoxy) is 3. The van der Waals surface area contributed by atoms with Gasteiger partial charge in [-0.2, -0.15) is 5.10 Å². The van der Waals surface area contributed by atoms with Gasteiger partial charge in [-0.05, 0) is 45.9 Å². The van der Waals surface area contributed by atoms with Crippen molar-refractivity contribution in [1.29, 1.82) is 0 Å². The van der Waals surface area contributed by atoms with E-state index in [4.69, 9.17) is 14.2 Å². The molecule has 0 spiro atoms. The molecule has 8 nitrogen and oxygen atoms in total. The summed E-state index contributed by atoms with van der Waals surface area (Å²) in [6, 6.07) is 5.50. The molecule has 0 unspecified atom stereocenters. The fourth-order valence-corrected chi connectivity index (χ4v) is 3.01. The zero-order chi connectivity index (χ0) is 20.3. The van der Waals surface area contributed by atoms with Crippen LogP contribution in [0.15, 0.2) is 24.4 Å². The lowest BCUT2D eigenvalue weighted by molar-refractivity contribution is -0.145. The highest BCUT2D eigenvalue weighted by molar-refractivity contribution is 5.80. The number of benzene rings is 1. The zero-order valence-corrected chi connectivity index (χ0v) is 16.8. The lowest BCUT2D eigenvalue weighted by Gasteiger charge is -2.39. The number of hydrogen-bond acceptors (Lipinski definition) is 6. The predicted molar refractivity (Wildman–Crippen MR) is 103 cm³/mol. The third kappa shape index (κ3) is 5.15. The lowest BCUT2D eigenvalue weighted by Crippen LogP contribution is -2.52. The van der Waals surface area contributed by atoms with E-state index in [9.17, 15) is 9.59 Å². The van der Waals surface area contributed by atoms with Crippen molar-refractivity contribution >= 4 is 23.0 Å². The first-order valence-corrected chi connectivity index (χ1v) is 9.47. The van der Waals surface area contributed by atoms with Crippen LogP contribution in [0.3, 0.4) is 0 Å². The number of likely N-dealkylation sites (tertiary alicyclic amines) is 1. The number of rotatable bonds is 6. The Labute approximate surface area is 164 Å². The Bertz CT molecular complexity index is 849. The Morgan fingerprint density at radius 3 is 2.68 bits per heavy atom. The number of nitrogens with zero attached hydrogens (tertiary/aromatic N) is 3. The molecule has 1 aliphatic heterocycles. The minimum atomic E-state index is -0.477. The normalized spacial score (nSPS) is 14.6. The monoisotopic (exact) mass is 389 g/mol. The summed E-state index contributed by atoms with van der Waals surface area (Å²) in [5, 5.41) is 5.50. The molecular formula is C20H27N3O5. The second-order valence-corrected chi connectivity index (χ2v) is 7.92. The SMILES string of the molecule is CCOC(=O)COc1ccc2nn(CC3CN(C(=O)OC(C)(C)C)C3)cc2c1. The van der Waals surface area contributed by atoms with Gasteiger partial charge in [-0.1, -0.05) is 0 Å². The zero-order valence-electron chi connectivity index (χ0n) is 16.8. The summed E-state index contributed by atoms with van der Waals surface area (Å²) in [5.74, 6) is 0.555. The molecule has 3 rings (SSSR count). The summed E-state index contributed by atoms with van der Waals surface area (Å²) in [6.07, 6.45) is 1.68. The van der Waals surface area contributed by atoms with Gasteiger partial charge in [0.05, 0.1) is 12.1 Å². The van der Waals surface area contributed by atoms with Crippen LogP contribution in [-0.2, 0) is 20.8 Å². The number of amides is 1. The average Bonchev–Trinajstić information content (AvgIpc) is 2.96. The molecule has 0 saturated carbocycles. The minimum Gasteiger partial charge on any atom is -0.482 e. The Kier molecular flexibility index (Phi) is 5.76. The highest BCUT2D eigenvalue weighted by atomic mass is 16.6. The maximum Gasteiger partial charge on any atom is 0.410 e. The topological polar surface area (TPSA) is 82.9 Å². The molecule has 0 aliphatic carbocycles. The van der Waals surface area contributed by atoms with Gasteiger partial charge in [0.15, 0.2) is 6.61 Å². The molecule has 2 heterocycles. The molecule has 1 aromatic heterocycles. The third-order valence-electron chi connectivity index (χ3n) is 4.24. The van der Waals surface area contributed by atoms with Crippen LogP contribution in [0.2, 0.25) is 0 Å². The van der Waals surface area contributed by atoms with E-state index >= 15 is 0 Å². The van der Waals surface area contributed by atoms with Crippen molar-refractivity contribution < 1.29 is 23.8 Å². The standard InChI is InChI=1S/C20H27N3O5/c1-5-26-18(24)13-27-16-6-7-17-15(8-16)12-23(21-17)11-14-9-22(10-14)19(25)28-20(2,3)4/h6-8,12,14H,5,9-11,13H2,1-4H3. The number of esters is 1. The first-order chi connectivity index (χ1) is 13.2. The summed E-state index contributed by atoms with van der Waals surface area (Å²) in [4.78, 5) is 25.1. The fourth-order valence-electron chi connectivity index (χ4n) is 3.01. The van der Waals surface area contributed by atoms with Gasteiger partial charge in [0.1, 0.15) is 11.4 Å². The van der Waals surface area contributed by atoms with Gasteiger partial charge in [-0.25, -0.2) is 9.59 Å². The molecule has 2 aromatic rings. The molecule has 8 heteroatoms. The van der Waals surface area contributed by atoms with Crippen LogP contribution in [-0.4, -0.2) is 58.6 Å². The fraction of sp³-hybridized carbons (Fsp3) is 0.550. The molecule has 1 aliphatic rings. The summed E-state index contributed by atoms with van der Waals surface area (Å²) < 4.78 is 17.6. The van der Waals surface area contributed by atoms with Crippen LogP contribution < -0.4 is 4.74 Å². The highest BCUT2D eigenvalue weighted by Crippen LogP contribution is 2.23. The van der Waals surface area contributed by atoms with E-state index in [1.807, 2.05) is 43.8 Å². The van der Waals surface area contributed by atoms with Crippen molar-refractivity contribution in [3.8, 4) is 5.75 Å². The minimum absolute atomic E-state index is 0.115. The molecule has 1 saturated heterocycles. The van der Waals surface area contributed by atoms with Crippen LogP contribution in [0.4, 0.5) is 4.79 Å². The van der Waals surface area contributed by atoms with Crippen LogP contribution in [0.5, 0.6) is 5.75 Å². The summed E-state index contributed by atoms with van der Waals surface area (Å²) in [6.45, 7) is 9.63. The number of fused-ring (bicyclic) bond motifs is 1. The number of hydrogen-bond donors (Lipinski definition) is 0. The van der Waals surface area contributed by atoms with Gasteiger partial charge in [-0.15, -0.1) is 0 Å².